The molecule has 6 heteroatoms. The van der Waals surface area contributed by atoms with Crippen LogP contribution >= 0.6 is 0 Å². The predicted octanol–water partition coefficient (Wildman–Crippen LogP) is 1.69. The molecule has 1 aromatic carbocycles. The molecule has 0 aliphatic carbocycles. The molecule has 1 N–H and O–H groups in total. The molecule has 2 heterocycles. The van der Waals surface area contributed by atoms with Gasteiger partial charge in [-0.3, -0.25) is 4.79 Å². The summed E-state index contributed by atoms with van der Waals surface area (Å²) >= 11 is 0. The van der Waals surface area contributed by atoms with Crippen molar-refractivity contribution in [2.75, 3.05) is 5.32 Å². The maximum Gasteiger partial charge on any atom is 0.259 e. The summed E-state index contributed by atoms with van der Waals surface area (Å²) in [7, 11) is 0. The number of aromatic nitrogens is 4. The highest BCUT2D eigenvalue weighted by Gasteiger charge is 2.13. The van der Waals surface area contributed by atoms with E-state index in [0.717, 1.165) is 5.69 Å². The molecule has 0 saturated carbocycles. The van der Waals surface area contributed by atoms with Gasteiger partial charge in [0.05, 0.1) is 11.3 Å². The fourth-order valence-electron chi connectivity index (χ4n) is 1.83. The van der Waals surface area contributed by atoms with Gasteiger partial charge in [-0.1, -0.05) is 18.2 Å². The van der Waals surface area contributed by atoms with Crippen molar-refractivity contribution in [3.05, 3.63) is 54.1 Å². The molecule has 0 unspecified atom stereocenters. The number of benzene rings is 1. The van der Waals surface area contributed by atoms with Crippen molar-refractivity contribution in [1.82, 2.24) is 19.6 Å². The van der Waals surface area contributed by atoms with Gasteiger partial charge in [0.1, 0.15) is 6.33 Å². The van der Waals surface area contributed by atoms with Crippen molar-refractivity contribution in [3.8, 4) is 0 Å². The Morgan fingerprint density at radius 3 is 2.79 bits per heavy atom. The van der Waals surface area contributed by atoms with E-state index >= 15 is 0 Å². The molecular formula is C13H11N5O. The third-order valence-electron chi connectivity index (χ3n) is 2.82. The van der Waals surface area contributed by atoms with E-state index in [1.807, 2.05) is 37.3 Å². The molecule has 94 valence electrons. The zero-order chi connectivity index (χ0) is 13.2. The monoisotopic (exact) mass is 253 g/mol. The van der Waals surface area contributed by atoms with E-state index in [-0.39, 0.29) is 5.91 Å². The van der Waals surface area contributed by atoms with Gasteiger partial charge in [-0.25, -0.2) is 9.50 Å². The Kier molecular flexibility index (Phi) is 2.68. The SMILES string of the molecule is Cc1c(C(=O)Nc2ccccc2)cnc2ncnn12. The topological polar surface area (TPSA) is 72.2 Å². The van der Waals surface area contributed by atoms with Gasteiger partial charge in [0.2, 0.25) is 0 Å². The summed E-state index contributed by atoms with van der Waals surface area (Å²) in [6.45, 7) is 1.81. The highest BCUT2D eigenvalue weighted by atomic mass is 16.1. The van der Waals surface area contributed by atoms with E-state index in [9.17, 15) is 4.79 Å². The summed E-state index contributed by atoms with van der Waals surface area (Å²) in [6.07, 6.45) is 2.92. The molecule has 1 amide bonds. The third-order valence-corrected chi connectivity index (χ3v) is 2.82. The van der Waals surface area contributed by atoms with Crippen LogP contribution < -0.4 is 5.32 Å². The Morgan fingerprint density at radius 2 is 2.00 bits per heavy atom. The summed E-state index contributed by atoms with van der Waals surface area (Å²) in [5.74, 6) is 0.266. The van der Waals surface area contributed by atoms with Crippen molar-refractivity contribution in [2.45, 2.75) is 6.92 Å². The van der Waals surface area contributed by atoms with E-state index in [4.69, 9.17) is 0 Å². The number of fused-ring (bicyclic) bond motifs is 1. The van der Waals surface area contributed by atoms with Crippen LogP contribution in [0, 0.1) is 6.92 Å². The largest absolute Gasteiger partial charge is 0.322 e. The molecule has 0 aliphatic rings. The smallest absolute Gasteiger partial charge is 0.259 e. The Bertz CT molecular complexity index is 735. The number of amides is 1. The normalized spacial score (nSPS) is 10.6. The number of aryl methyl sites for hydroxylation is 1. The number of rotatable bonds is 2. The Balaban J connectivity index is 1.95. The molecule has 0 radical (unpaired) electrons. The molecule has 19 heavy (non-hydrogen) atoms. The van der Waals surface area contributed by atoms with E-state index < -0.39 is 0 Å². The standard InChI is InChI=1S/C13H11N5O/c1-9-11(7-14-13-15-8-16-18(9)13)12(19)17-10-5-3-2-4-6-10/h2-8H,1H3,(H,17,19). The van der Waals surface area contributed by atoms with E-state index in [1.165, 1.54) is 12.5 Å². The molecule has 0 atom stereocenters. The van der Waals surface area contributed by atoms with Crippen molar-refractivity contribution in [3.63, 3.8) is 0 Å². The third kappa shape index (κ3) is 2.03. The first kappa shape index (κ1) is 11.3. The number of hydrogen-bond acceptors (Lipinski definition) is 4. The molecule has 0 bridgehead atoms. The molecule has 6 nitrogen and oxygen atoms in total. The van der Waals surface area contributed by atoms with E-state index in [2.05, 4.69) is 20.4 Å². The van der Waals surface area contributed by atoms with Gasteiger partial charge in [-0.2, -0.15) is 10.1 Å². The first-order valence-electron chi connectivity index (χ1n) is 5.77. The Morgan fingerprint density at radius 1 is 1.21 bits per heavy atom. The van der Waals surface area contributed by atoms with Crippen molar-refractivity contribution >= 4 is 17.4 Å². The van der Waals surface area contributed by atoms with Crippen LogP contribution in [0.5, 0.6) is 0 Å². The number of carbonyl (C=O) groups is 1. The van der Waals surface area contributed by atoms with Crippen LogP contribution in [-0.4, -0.2) is 25.5 Å². The molecule has 2 aromatic heterocycles. The highest BCUT2D eigenvalue weighted by molar-refractivity contribution is 6.04. The van der Waals surface area contributed by atoms with Crippen LogP contribution in [-0.2, 0) is 0 Å². The van der Waals surface area contributed by atoms with Crippen LogP contribution in [0.2, 0.25) is 0 Å². The summed E-state index contributed by atoms with van der Waals surface area (Å²) in [5, 5.41) is 6.85. The number of anilines is 1. The van der Waals surface area contributed by atoms with Gasteiger partial charge in [-0.15, -0.1) is 0 Å². The van der Waals surface area contributed by atoms with Gasteiger partial charge < -0.3 is 5.32 Å². The lowest BCUT2D eigenvalue weighted by atomic mass is 10.2. The minimum atomic E-state index is -0.214. The number of hydrogen-bond donors (Lipinski definition) is 1. The maximum absolute atomic E-state index is 12.2. The fourth-order valence-corrected chi connectivity index (χ4v) is 1.83. The lowest BCUT2D eigenvalue weighted by Crippen LogP contribution is -2.16. The summed E-state index contributed by atoms with van der Waals surface area (Å²) in [5.41, 5.74) is 1.92. The second kappa shape index (κ2) is 4.49. The van der Waals surface area contributed by atoms with Gasteiger partial charge in [0.25, 0.3) is 11.7 Å². The number of para-hydroxylation sites is 1. The number of nitrogens with zero attached hydrogens (tertiary/aromatic N) is 4. The van der Waals surface area contributed by atoms with Crippen molar-refractivity contribution < 1.29 is 4.79 Å². The van der Waals surface area contributed by atoms with Crippen LogP contribution in [0.1, 0.15) is 16.1 Å². The van der Waals surface area contributed by atoms with Crippen LogP contribution in [0.25, 0.3) is 5.78 Å². The van der Waals surface area contributed by atoms with Gasteiger partial charge >= 0.3 is 0 Å². The van der Waals surface area contributed by atoms with Gasteiger partial charge in [0, 0.05) is 11.9 Å². The molecule has 3 aromatic rings. The molecule has 0 saturated heterocycles. The first-order chi connectivity index (χ1) is 9.25. The second-order valence-electron chi connectivity index (χ2n) is 4.05. The lowest BCUT2D eigenvalue weighted by Gasteiger charge is -2.07. The Labute approximate surface area is 109 Å². The van der Waals surface area contributed by atoms with Crippen LogP contribution in [0.15, 0.2) is 42.9 Å². The summed E-state index contributed by atoms with van der Waals surface area (Å²) in [6, 6.07) is 9.27. The average molecular weight is 253 g/mol. The molecule has 0 spiro atoms. The van der Waals surface area contributed by atoms with Gasteiger partial charge in [0.15, 0.2) is 0 Å². The molecule has 0 fully saturated rings. The highest BCUT2D eigenvalue weighted by Crippen LogP contribution is 2.11. The fraction of sp³-hybridized carbons (Fsp3) is 0.0769. The minimum absolute atomic E-state index is 0.214. The van der Waals surface area contributed by atoms with Gasteiger partial charge in [-0.05, 0) is 19.1 Å². The molecule has 0 aliphatic heterocycles. The number of carbonyl (C=O) groups excluding carboxylic acids is 1. The summed E-state index contributed by atoms with van der Waals surface area (Å²) < 4.78 is 1.54. The van der Waals surface area contributed by atoms with Crippen molar-refractivity contribution in [1.29, 1.82) is 0 Å². The number of nitrogens with one attached hydrogen (secondary N) is 1. The maximum atomic E-state index is 12.2. The van der Waals surface area contributed by atoms with E-state index in [0.29, 0.717) is 17.0 Å². The van der Waals surface area contributed by atoms with Crippen molar-refractivity contribution in [2.24, 2.45) is 0 Å². The second-order valence-corrected chi connectivity index (χ2v) is 4.05. The van der Waals surface area contributed by atoms with Crippen LogP contribution in [0.3, 0.4) is 0 Å². The predicted molar refractivity (Wildman–Crippen MR) is 69.9 cm³/mol. The molecular weight excluding hydrogens is 242 g/mol. The zero-order valence-electron chi connectivity index (χ0n) is 10.2. The minimum Gasteiger partial charge on any atom is -0.322 e. The van der Waals surface area contributed by atoms with Crippen LogP contribution in [0.4, 0.5) is 5.69 Å². The lowest BCUT2D eigenvalue weighted by molar-refractivity contribution is 0.102. The molecule has 3 rings (SSSR count). The summed E-state index contributed by atoms with van der Waals surface area (Å²) in [4.78, 5) is 20.3. The average Bonchev–Trinajstić information content (AvgIpc) is 2.89. The first-order valence-corrected chi connectivity index (χ1v) is 5.77. The quantitative estimate of drug-likeness (QED) is 0.754. The zero-order valence-corrected chi connectivity index (χ0v) is 10.2. The van der Waals surface area contributed by atoms with E-state index in [1.54, 1.807) is 4.52 Å². The Hall–Kier alpha value is -2.76.